The highest BCUT2D eigenvalue weighted by molar-refractivity contribution is 7.13. The molecule has 0 bridgehead atoms. The Hall–Kier alpha value is -1.23. The lowest BCUT2D eigenvalue weighted by atomic mass is 10.1. The van der Waals surface area contributed by atoms with Gasteiger partial charge in [0, 0.05) is 12.3 Å². The normalized spacial score (nSPS) is 12.2. The molecule has 0 saturated carbocycles. The van der Waals surface area contributed by atoms with Crippen molar-refractivity contribution in [3.63, 3.8) is 0 Å². The topological polar surface area (TPSA) is 33.1 Å². The number of nitrogens with zero attached hydrogens (tertiary/aromatic N) is 1. The second kappa shape index (κ2) is 2.88. The maximum atomic E-state index is 13.0. The molecule has 2 rings (SSSR count). The molecule has 0 atom stereocenters. The molecule has 0 aliphatic carbocycles. The largest absolute Gasteiger partial charge is 0.506 e. The maximum absolute atomic E-state index is 13.0. The van der Waals surface area contributed by atoms with E-state index in [1.807, 2.05) is 0 Å². The fourth-order valence-corrected chi connectivity index (χ4v) is 2.13. The van der Waals surface area contributed by atoms with Crippen LogP contribution < -0.4 is 0 Å². The number of fused-ring (bicyclic) bond motifs is 1. The number of rotatable bonds is 1. The number of hydrogen-bond donors (Lipinski definition) is 1. The first-order chi connectivity index (χ1) is 6.50. The molecule has 0 radical (unpaired) electrons. The average Bonchev–Trinajstić information content (AvgIpc) is 2.47. The van der Waals surface area contributed by atoms with Crippen LogP contribution in [0.2, 0.25) is 0 Å². The Bertz CT molecular complexity index is 475. The van der Waals surface area contributed by atoms with Crippen molar-refractivity contribution in [2.75, 3.05) is 0 Å². The molecule has 0 aliphatic rings. The third kappa shape index (κ3) is 1.33. The lowest BCUT2D eigenvalue weighted by Crippen LogP contribution is -2.07. The molecule has 0 saturated heterocycles. The van der Waals surface area contributed by atoms with Crippen LogP contribution in [-0.2, 0) is 5.92 Å². The monoisotopic (exact) mass is 215 g/mol. The van der Waals surface area contributed by atoms with Crippen LogP contribution in [0.15, 0.2) is 18.2 Å². The molecule has 1 heterocycles. The van der Waals surface area contributed by atoms with E-state index in [9.17, 15) is 13.9 Å². The van der Waals surface area contributed by atoms with Crippen molar-refractivity contribution in [3.05, 3.63) is 23.9 Å². The van der Waals surface area contributed by atoms with Crippen LogP contribution in [0.3, 0.4) is 0 Å². The van der Waals surface area contributed by atoms with Gasteiger partial charge >= 0.3 is 0 Å². The van der Waals surface area contributed by atoms with Crippen LogP contribution in [0, 0.1) is 0 Å². The summed E-state index contributed by atoms with van der Waals surface area (Å²) in [6.45, 7) is 0.797. The van der Waals surface area contributed by atoms with Gasteiger partial charge < -0.3 is 5.11 Å². The van der Waals surface area contributed by atoms with E-state index in [4.69, 9.17) is 0 Å². The molecule has 1 N–H and O–H groups in total. The van der Waals surface area contributed by atoms with Gasteiger partial charge in [0.2, 0.25) is 0 Å². The molecule has 1 aromatic carbocycles. The Labute approximate surface area is 83.0 Å². The van der Waals surface area contributed by atoms with Crippen molar-refractivity contribution >= 4 is 21.6 Å². The number of phenolic OH excluding ortho intramolecular Hbond substituents is 1. The Morgan fingerprint density at radius 3 is 2.79 bits per heavy atom. The Balaban J connectivity index is 2.76. The SMILES string of the molecule is CC(F)(F)c1nsc2c(O)cccc12. The third-order valence-corrected chi connectivity index (χ3v) is 2.78. The third-order valence-electron chi connectivity index (χ3n) is 1.89. The summed E-state index contributed by atoms with van der Waals surface area (Å²) in [5.74, 6) is -2.97. The molecular formula is C9H7F2NOS. The minimum atomic E-state index is -2.97. The predicted octanol–water partition coefficient (Wildman–Crippen LogP) is 3.11. The lowest BCUT2D eigenvalue weighted by molar-refractivity contribution is 0.0154. The number of alkyl halides is 2. The van der Waals surface area contributed by atoms with Crippen molar-refractivity contribution in [1.82, 2.24) is 4.37 Å². The van der Waals surface area contributed by atoms with E-state index in [2.05, 4.69) is 4.37 Å². The van der Waals surface area contributed by atoms with Gasteiger partial charge in [-0.25, -0.2) is 0 Å². The van der Waals surface area contributed by atoms with E-state index < -0.39 is 5.92 Å². The maximum Gasteiger partial charge on any atom is 0.288 e. The zero-order valence-electron chi connectivity index (χ0n) is 7.29. The fourth-order valence-electron chi connectivity index (χ4n) is 1.26. The van der Waals surface area contributed by atoms with E-state index >= 15 is 0 Å². The first-order valence-electron chi connectivity index (χ1n) is 3.96. The summed E-state index contributed by atoms with van der Waals surface area (Å²) in [6.07, 6.45) is 0. The highest BCUT2D eigenvalue weighted by Gasteiger charge is 2.30. The van der Waals surface area contributed by atoms with E-state index in [-0.39, 0.29) is 11.4 Å². The molecule has 5 heteroatoms. The zero-order valence-corrected chi connectivity index (χ0v) is 8.11. The van der Waals surface area contributed by atoms with Crippen molar-refractivity contribution in [2.24, 2.45) is 0 Å². The second-order valence-corrected chi connectivity index (χ2v) is 3.85. The fraction of sp³-hybridized carbons (Fsp3) is 0.222. The number of phenols is 1. The molecule has 14 heavy (non-hydrogen) atoms. The van der Waals surface area contributed by atoms with Crippen LogP contribution in [0.4, 0.5) is 8.78 Å². The van der Waals surface area contributed by atoms with E-state index in [1.54, 1.807) is 0 Å². The highest BCUT2D eigenvalue weighted by atomic mass is 32.1. The number of aromatic nitrogens is 1. The minimum Gasteiger partial charge on any atom is -0.506 e. The van der Waals surface area contributed by atoms with Gasteiger partial charge in [-0.2, -0.15) is 13.2 Å². The number of aromatic hydroxyl groups is 1. The van der Waals surface area contributed by atoms with Crippen LogP contribution in [-0.4, -0.2) is 9.48 Å². The van der Waals surface area contributed by atoms with Gasteiger partial charge in [-0.1, -0.05) is 12.1 Å². The van der Waals surface area contributed by atoms with Gasteiger partial charge in [0.05, 0.1) is 4.70 Å². The molecule has 0 unspecified atom stereocenters. The molecule has 1 aromatic heterocycles. The van der Waals surface area contributed by atoms with Crippen molar-refractivity contribution in [1.29, 1.82) is 0 Å². The smallest absolute Gasteiger partial charge is 0.288 e. The summed E-state index contributed by atoms with van der Waals surface area (Å²) in [5, 5.41) is 9.70. The minimum absolute atomic E-state index is 0.00417. The zero-order chi connectivity index (χ0) is 10.3. The lowest BCUT2D eigenvalue weighted by Gasteiger charge is -2.06. The predicted molar refractivity (Wildman–Crippen MR) is 50.9 cm³/mol. The Kier molecular flexibility index (Phi) is 1.92. The first kappa shape index (κ1) is 9.33. The Morgan fingerprint density at radius 2 is 2.14 bits per heavy atom. The summed E-state index contributed by atoms with van der Waals surface area (Å²) in [5.41, 5.74) is -0.270. The summed E-state index contributed by atoms with van der Waals surface area (Å²) >= 11 is 0.887. The van der Waals surface area contributed by atoms with Gasteiger partial charge in [0.1, 0.15) is 11.4 Å². The van der Waals surface area contributed by atoms with Crippen LogP contribution in [0.25, 0.3) is 10.1 Å². The van der Waals surface area contributed by atoms with Gasteiger partial charge in [-0.15, -0.1) is 0 Å². The van der Waals surface area contributed by atoms with E-state index in [0.29, 0.717) is 10.1 Å². The standard InChI is InChI=1S/C9H7F2NOS/c1-9(10,11)8-5-3-2-4-6(13)7(5)14-12-8/h2-4,13H,1H3. The van der Waals surface area contributed by atoms with Crippen molar-refractivity contribution < 1.29 is 13.9 Å². The van der Waals surface area contributed by atoms with Gasteiger partial charge in [-0.05, 0) is 17.6 Å². The molecule has 0 spiro atoms. The van der Waals surface area contributed by atoms with E-state index in [0.717, 1.165) is 18.5 Å². The molecule has 0 amide bonds. The summed E-state index contributed by atoms with van der Waals surface area (Å²) in [6, 6.07) is 4.52. The highest BCUT2D eigenvalue weighted by Crippen LogP contribution is 2.37. The first-order valence-corrected chi connectivity index (χ1v) is 4.73. The van der Waals surface area contributed by atoms with E-state index in [1.165, 1.54) is 18.2 Å². The molecule has 0 aliphatic heterocycles. The molecule has 74 valence electrons. The van der Waals surface area contributed by atoms with Crippen LogP contribution in [0.1, 0.15) is 12.6 Å². The second-order valence-electron chi connectivity index (χ2n) is 3.07. The molecule has 2 aromatic rings. The summed E-state index contributed by atoms with van der Waals surface area (Å²) in [7, 11) is 0. The molecular weight excluding hydrogens is 208 g/mol. The van der Waals surface area contributed by atoms with Crippen molar-refractivity contribution in [2.45, 2.75) is 12.8 Å². The summed E-state index contributed by atoms with van der Waals surface area (Å²) in [4.78, 5) is 0. The quantitative estimate of drug-likeness (QED) is 0.792. The molecule has 2 nitrogen and oxygen atoms in total. The van der Waals surface area contributed by atoms with Gasteiger partial charge in [-0.3, -0.25) is 0 Å². The number of halogens is 2. The Morgan fingerprint density at radius 1 is 1.43 bits per heavy atom. The summed E-state index contributed by atoms with van der Waals surface area (Å²) < 4.78 is 30.1. The van der Waals surface area contributed by atoms with Crippen LogP contribution >= 0.6 is 11.5 Å². The van der Waals surface area contributed by atoms with Gasteiger partial charge in [0.25, 0.3) is 5.92 Å². The van der Waals surface area contributed by atoms with Gasteiger partial charge in [0.15, 0.2) is 0 Å². The number of benzene rings is 1. The average molecular weight is 215 g/mol. The molecule has 0 fully saturated rings. The number of hydrogen-bond acceptors (Lipinski definition) is 3. The van der Waals surface area contributed by atoms with Crippen molar-refractivity contribution in [3.8, 4) is 5.75 Å². The van der Waals surface area contributed by atoms with Crippen LogP contribution in [0.5, 0.6) is 5.75 Å².